The van der Waals surface area contributed by atoms with Gasteiger partial charge >= 0.3 is 5.97 Å². The minimum absolute atomic E-state index is 0.0171. The minimum atomic E-state index is -1.75. The van der Waals surface area contributed by atoms with Crippen LogP contribution in [0.15, 0.2) is 4.99 Å². The van der Waals surface area contributed by atoms with Crippen molar-refractivity contribution in [1.82, 2.24) is 26.6 Å². The van der Waals surface area contributed by atoms with Crippen LogP contribution in [0.25, 0.3) is 0 Å². The summed E-state index contributed by atoms with van der Waals surface area (Å²) in [7, 11) is 0. The molecule has 7 amide bonds. The van der Waals surface area contributed by atoms with E-state index in [1.807, 2.05) is 5.32 Å². The smallest absolute Gasteiger partial charge is 0.326 e. The molecule has 21 nitrogen and oxygen atoms in total. The Kier molecular flexibility index (Phi) is 19.1. The summed E-state index contributed by atoms with van der Waals surface area (Å²) in [6.07, 6.45) is -2.64. The quantitative estimate of drug-likeness (QED) is 0.0216. The van der Waals surface area contributed by atoms with E-state index in [1.54, 1.807) is 13.8 Å². The van der Waals surface area contributed by atoms with Crippen molar-refractivity contribution in [2.75, 3.05) is 12.3 Å². The predicted octanol–water partition coefficient (Wildman–Crippen LogP) is -6.41. The summed E-state index contributed by atoms with van der Waals surface area (Å²) in [5.41, 5.74) is 26.4. The molecule has 0 spiro atoms. The van der Waals surface area contributed by atoms with Gasteiger partial charge in [-0.25, -0.2) is 4.79 Å². The van der Waals surface area contributed by atoms with Crippen LogP contribution in [0.1, 0.15) is 46.5 Å². The number of amides is 7. The normalized spacial score (nSPS) is 15.2. The first kappa shape index (κ1) is 43.3. The molecule has 7 atom stereocenters. The largest absolute Gasteiger partial charge is 0.480 e. The summed E-state index contributed by atoms with van der Waals surface area (Å²) < 4.78 is 0. The van der Waals surface area contributed by atoms with Crippen molar-refractivity contribution in [1.29, 1.82) is 0 Å². The summed E-state index contributed by atoms with van der Waals surface area (Å²) >= 11 is 4.06. The Morgan fingerprint density at radius 1 is 0.688 bits per heavy atom. The average molecular weight is 706 g/mol. The average Bonchev–Trinajstić information content (AvgIpc) is 2.96. The van der Waals surface area contributed by atoms with Gasteiger partial charge < -0.3 is 65.5 Å². The topological polar surface area (TPSA) is 380 Å². The second-order valence-electron chi connectivity index (χ2n) is 11.1. The van der Waals surface area contributed by atoms with Crippen LogP contribution in [0.5, 0.6) is 0 Å². The Labute approximate surface area is 281 Å². The number of aliphatic hydroxyl groups is 1. The number of rotatable bonds is 22. The van der Waals surface area contributed by atoms with Gasteiger partial charge in [-0.1, -0.05) is 13.8 Å². The van der Waals surface area contributed by atoms with E-state index < -0.39 is 108 Å². The number of aliphatic hydroxyl groups excluding tert-OH is 1. The number of carbonyl (C=O) groups is 8. The molecule has 0 aliphatic heterocycles. The number of thiol groups is 1. The third-order valence-corrected chi connectivity index (χ3v) is 6.85. The zero-order valence-electron chi connectivity index (χ0n) is 26.8. The van der Waals surface area contributed by atoms with Gasteiger partial charge in [0.15, 0.2) is 5.96 Å². The molecule has 17 N–H and O–H groups in total. The molecule has 0 rings (SSSR count). The van der Waals surface area contributed by atoms with E-state index in [4.69, 9.17) is 28.7 Å². The van der Waals surface area contributed by atoms with E-state index >= 15 is 0 Å². The fraction of sp³-hybridized carbons (Fsp3) is 0.654. The second-order valence-corrected chi connectivity index (χ2v) is 11.4. The van der Waals surface area contributed by atoms with E-state index in [-0.39, 0.29) is 31.1 Å². The summed E-state index contributed by atoms with van der Waals surface area (Å²) in [5.74, 6) is -9.31. The van der Waals surface area contributed by atoms with Crippen molar-refractivity contribution in [3.8, 4) is 0 Å². The number of hydrogen-bond donors (Lipinski definition) is 13. The Morgan fingerprint density at radius 3 is 1.62 bits per heavy atom. The first-order chi connectivity index (χ1) is 22.2. The number of nitrogens with two attached hydrogens (primary N) is 5. The molecule has 0 radical (unpaired) electrons. The summed E-state index contributed by atoms with van der Waals surface area (Å²) in [6.45, 7) is 4.37. The molecular weight excluding hydrogens is 658 g/mol. The van der Waals surface area contributed by atoms with Gasteiger partial charge in [0.25, 0.3) is 0 Å². The third-order valence-electron chi connectivity index (χ3n) is 6.48. The highest BCUT2D eigenvalue weighted by atomic mass is 32.1. The fourth-order valence-corrected chi connectivity index (χ4v) is 4.18. The molecule has 0 aromatic carbocycles. The monoisotopic (exact) mass is 705 g/mol. The number of guanidine groups is 1. The molecule has 272 valence electrons. The maximum atomic E-state index is 13.3. The lowest BCUT2D eigenvalue weighted by molar-refractivity contribution is -0.144. The number of nitrogens with one attached hydrogen (secondary N) is 5. The van der Waals surface area contributed by atoms with Crippen molar-refractivity contribution in [3.63, 3.8) is 0 Å². The first-order valence-corrected chi connectivity index (χ1v) is 15.3. The highest BCUT2D eigenvalue weighted by molar-refractivity contribution is 7.80. The number of carboxylic acids is 1. The number of carbonyl (C=O) groups excluding carboxylic acids is 7. The van der Waals surface area contributed by atoms with Crippen LogP contribution in [0, 0.1) is 5.92 Å². The SMILES string of the molecule is CC(C)[C@H](NC(=O)[C@H](CCCN=C(N)N)NC(=O)[C@@H](N)CC(N)=O)C(=O)N[C@@H](CS)C(=O)N[C@H](C(=O)N[C@@H](CC(N)=O)C(=O)O)[C@@H](C)O. The molecule has 0 aromatic rings. The Morgan fingerprint density at radius 2 is 1.17 bits per heavy atom. The molecule has 48 heavy (non-hydrogen) atoms. The first-order valence-electron chi connectivity index (χ1n) is 14.6. The lowest BCUT2D eigenvalue weighted by atomic mass is 10.0. The number of primary amides is 2. The highest BCUT2D eigenvalue weighted by Crippen LogP contribution is 2.07. The van der Waals surface area contributed by atoms with Crippen molar-refractivity contribution in [2.24, 2.45) is 39.6 Å². The number of nitrogens with zero attached hydrogens (tertiary/aromatic N) is 1. The molecule has 0 bridgehead atoms. The van der Waals surface area contributed by atoms with Crippen molar-refractivity contribution in [3.05, 3.63) is 0 Å². The molecule has 0 aliphatic rings. The van der Waals surface area contributed by atoms with Crippen LogP contribution >= 0.6 is 12.6 Å². The molecule has 0 heterocycles. The molecule has 0 fully saturated rings. The number of hydrogen-bond acceptors (Lipinski definition) is 12. The summed E-state index contributed by atoms with van der Waals surface area (Å²) in [6, 6.07) is -8.82. The van der Waals surface area contributed by atoms with Crippen LogP contribution in [-0.4, -0.2) is 118 Å². The van der Waals surface area contributed by atoms with Crippen molar-refractivity contribution < 1.29 is 48.6 Å². The zero-order valence-corrected chi connectivity index (χ0v) is 27.7. The summed E-state index contributed by atoms with van der Waals surface area (Å²) in [4.78, 5) is 102. The van der Waals surface area contributed by atoms with Gasteiger partial charge in [-0.3, -0.25) is 38.6 Å². The van der Waals surface area contributed by atoms with E-state index in [9.17, 15) is 48.6 Å². The lowest BCUT2D eigenvalue weighted by Crippen LogP contribution is -2.62. The minimum Gasteiger partial charge on any atom is -0.480 e. The molecule has 0 unspecified atom stereocenters. The molecule has 0 saturated heterocycles. The highest BCUT2D eigenvalue weighted by Gasteiger charge is 2.35. The van der Waals surface area contributed by atoms with Gasteiger partial charge in [0.05, 0.1) is 25.0 Å². The standard InChI is InChI=1S/C26H47N11O10S/c1-10(2)18(36-21(42)13(5-4-6-32-26(30)31)33-20(41)12(27)7-16(28)39)23(44)35-15(9-48)22(43)37-19(11(3)38)24(45)34-14(25(46)47)8-17(29)40/h10-15,18-19,38,48H,4-9,27H2,1-3H3,(H2,28,39)(H2,29,40)(H,33,41)(H,34,45)(H,35,44)(H,36,42)(H,37,43)(H,46,47)(H4,30,31,32)/t11-,12+,13+,14+,15+,18+,19+/m1/s1. The lowest BCUT2D eigenvalue weighted by Gasteiger charge is -2.28. The predicted molar refractivity (Wildman–Crippen MR) is 173 cm³/mol. The van der Waals surface area contributed by atoms with E-state index in [2.05, 4.69) is 38.9 Å². The van der Waals surface area contributed by atoms with Crippen LogP contribution in [0.3, 0.4) is 0 Å². The Balaban J connectivity index is 5.86. The molecular formula is C26H47N11O10S. The molecule has 0 aromatic heterocycles. The third kappa shape index (κ3) is 16.2. The van der Waals surface area contributed by atoms with Crippen molar-refractivity contribution in [2.45, 2.75) is 88.8 Å². The molecule has 0 aliphatic carbocycles. The van der Waals surface area contributed by atoms with E-state index in [0.717, 1.165) is 6.92 Å². The van der Waals surface area contributed by atoms with Gasteiger partial charge in [-0.15, -0.1) is 0 Å². The maximum absolute atomic E-state index is 13.3. The zero-order chi connectivity index (χ0) is 37.3. The van der Waals surface area contributed by atoms with Gasteiger partial charge in [0, 0.05) is 12.3 Å². The van der Waals surface area contributed by atoms with Gasteiger partial charge in [-0.2, -0.15) is 12.6 Å². The van der Waals surface area contributed by atoms with Gasteiger partial charge in [0.2, 0.25) is 41.4 Å². The molecule has 22 heteroatoms. The maximum Gasteiger partial charge on any atom is 0.326 e. The molecule has 0 saturated carbocycles. The summed E-state index contributed by atoms with van der Waals surface area (Å²) in [5, 5.41) is 30.9. The van der Waals surface area contributed by atoms with E-state index in [0.29, 0.717) is 0 Å². The van der Waals surface area contributed by atoms with Crippen LogP contribution in [-0.2, 0) is 38.4 Å². The Bertz CT molecular complexity index is 1210. The number of aliphatic carboxylic acids is 1. The second kappa shape index (κ2) is 21.2. The van der Waals surface area contributed by atoms with Crippen molar-refractivity contribution >= 4 is 65.9 Å². The number of aliphatic imine (C=N–C) groups is 1. The fourth-order valence-electron chi connectivity index (χ4n) is 3.93. The van der Waals surface area contributed by atoms with E-state index in [1.165, 1.54) is 0 Å². The van der Waals surface area contributed by atoms with Crippen LogP contribution < -0.4 is 55.3 Å². The van der Waals surface area contributed by atoms with Crippen LogP contribution in [0.4, 0.5) is 0 Å². The van der Waals surface area contributed by atoms with Gasteiger partial charge in [-0.05, 0) is 25.7 Å². The number of carboxylic acid groups (broad SMARTS) is 1. The van der Waals surface area contributed by atoms with Crippen LogP contribution in [0.2, 0.25) is 0 Å². The Hall–Kier alpha value is -4.70. The van der Waals surface area contributed by atoms with Gasteiger partial charge in [0.1, 0.15) is 30.2 Å².